The van der Waals surface area contributed by atoms with Crippen LogP contribution in [0.2, 0.25) is 0 Å². The number of carbonyl (C=O) groups is 4. The van der Waals surface area contributed by atoms with E-state index in [4.69, 9.17) is 9.47 Å². The van der Waals surface area contributed by atoms with Gasteiger partial charge in [-0.3, -0.25) is 14.4 Å². The van der Waals surface area contributed by atoms with Gasteiger partial charge >= 0.3 is 12.1 Å². The topological polar surface area (TPSA) is 151 Å². The number of hydrogen-bond donors (Lipinski definition) is 2. The Hall–Kier alpha value is -3.19. The second-order valence-corrected chi connectivity index (χ2v) is 13.8. The maximum atomic E-state index is 13.2. The molecule has 0 spiro atoms. The smallest absolute Gasteiger partial charge is 0.410 e. The molecule has 43 heavy (non-hydrogen) atoms. The molecule has 13 heteroatoms. The van der Waals surface area contributed by atoms with Crippen molar-refractivity contribution in [3.63, 3.8) is 0 Å². The highest BCUT2D eigenvalue weighted by Crippen LogP contribution is 2.25. The Labute approximate surface area is 254 Å². The molecule has 0 aliphatic carbocycles. The quantitative estimate of drug-likeness (QED) is 0.282. The van der Waals surface area contributed by atoms with Gasteiger partial charge in [-0.05, 0) is 77.8 Å². The lowest BCUT2D eigenvalue weighted by atomic mass is 9.91. The number of benzene rings is 1. The number of esters is 1. The van der Waals surface area contributed by atoms with Crippen molar-refractivity contribution in [2.45, 2.75) is 89.3 Å². The van der Waals surface area contributed by atoms with Crippen LogP contribution >= 0.6 is 0 Å². The summed E-state index contributed by atoms with van der Waals surface area (Å²) in [5, 5.41) is 2.66. The van der Waals surface area contributed by atoms with Gasteiger partial charge in [-0.15, -0.1) is 0 Å². The summed E-state index contributed by atoms with van der Waals surface area (Å²) in [6.07, 6.45) is 1.94. The van der Waals surface area contributed by atoms with Crippen LogP contribution in [-0.4, -0.2) is 86.6 Å². The number of piperidine rings is 2. The first-order valence-electron chi connectivity index (χ1n) is 15.1. The Morgan fingerprint density at radius 1 is 1.00 bits per heavy atom. The zero-order valence-corrected chi connectivity index (χ0v) is 26.5. The van der Waals surface area contributed by atoms with Gasteiger partial charge in [0.1, 0.15) is 11.8 Å². The molecule has 2 aliphatic heterocycles. The first kappa shape index (κ1) is 34.3. The van der Waals surface area contributed by atoms with Crippen LogP contribution in [0.1, 0.15) is 72.6 Å². The van der Waals surface area contributed by atoms with Crippen molar-refractivity contribution in [1.82, 2.24) is 19.8 Å². The molecule has 1 aromatic carbocycles. The van der Waals surface area contributed by atoms with E-state index in [0.29, 0.717) is 51.2 Å². The molecule has 240 valence electrons. The molecule has 0 unspecified atom stereocenters. The fraction of sp³-hybridized carbons (Fsp3) is 0.667. The van der Waals surface area contributed by atoms with E-state index in [0.717, 1.165) is 12.8 Å². The number of rotatable bonds is 11. The molecule has 2 saturated heterocycles. The van der Waals surface area contributed by atoms with E-state index in [2.05, 4.69) is 10.0 Å². The SMILES string of the molecule is CCOC(=O)C[C@@H](NC(=O)[C@@H]1CCCN(C(=O)CCC2CCN(C(=O)OC(C)(C)C)CC2)C1)NS(=O)(=O)c1ccccc1. The molecule has 2 aliphatic rings. The van der Waals surface area contributed by atoms with Crippen LogP contribution in [0.15, 0.2) is 35.2 Å². The second-order valence-electron chi connectivity index (χ2n) is 12.1. The Balaban J connectivity index is 1.51. The highest BCUT2D eigenvalue weighted by molar-refractivity contribution is 7.89. The molecule has 12 nitrogen and oxygen atoms in total. The number of nitrogens with zero attached hydrogens (tertiary/aromatic N) is 2. The number of carbonyl (C=O) groups excluding carboxylic acids is 4. The van der Waals surface area contributed by atoms with Gasteiger partial charge in [0.05, 0.1) is 23.8 Å². The molecule has 0 bridgehead atoms. The molecule has 2 heterocycles. The summed E-state index contributed by atoms with van der Waals surface area (Å²) in [6.45, 7) is 9.24. The highest BCUT2D eigenvalue weighted by Gasteiger charge is 2.32. The normalized spacial score (nSPS) is 18.9. The second kappa shape index (κ2) is 15.5. The summed E-state index contributed by atoms with van der Waals surface area (Å²) >= 11 is 0. The number of likely N-dealkylation sites (tertiary alicyclic amines) is 2. The van der Waals surface area contributed by atoms with Gasteiger partial charge in [0, 0.05) is 32.6 Å². The van der Waals surface area contributed by atoms with Crippen molar-refractivity contribution < 1.29 is 37.1 Å². The third-order valence-corrected chi connectivity index (χ3v) is 9.01. The van der Waals surface area contributed by atoms with Crippen molar-refractivity contribution in [3.05, 3.63) is 30.3 Å². The maximum absolute atomic E-state index is 13.2. The minimum atomic E-state index is -4.02. The van der Waals surface area contributed by atoms with Gasteiger partial charge < -0.3 is 24.6 Å². The summed E-state index contributed by atoms with van der Waals surface area (Å²) in [5.41, 5.74) is -0.540. The van der Waals surface area contributed by atoms with Crippen molar-refractivity contribution in [3.8, 4) is 0 Å². The van der Waals surface area contributed by atoms with Crippen LogP contribution in [0.25, 0.3) is 0 Å². The third kappa shape index (κ3) is 11.1. The Morgan fingerprint density at radius 2 is 1.67 bits per heavy atom. The highest BCUT2D eigenvalue weighted by atomic mass is 32.2. The van der Waals surface area contributed by atoms with E-state index in [1.54, 1.807) is 34.9 Å². The predicted octanol–water partition coefficient (Wildman–Crippen LogP) is 3.03. The van der Waals surface area contributed by atoms with Crippen LogP contribution < -0.4 is 10.0 Å². The molecule has 3 amide bonds. The average Bonchev–Trinajstić information content (AvgIpc) is 2.95. The maximum Gasteiger partial charge on any atom is 0.410 e. The van der Waals surface area contributed by atoms with E-state index < -0.39 is 39.6 Å². The van der Waals surface area contributed by atoms with E-state index >= 15 is 0 Å². The molecule has 2 atom stereocenters. The van der Waals surface area contributed by atoms with Crippen LogP contribution in [-0.2, 0) is 33.9 Å². The van der Waals surface area contributed by atoms with E-state index in [9.17, 15) is 27.6 Å². The first-order chi connectivity index (χ1) is 20.3. The lowest BCUT2D eigenvalue weighted by Crippen LogP contribution is -2.53. The summed E-state index contributed by atoms with van der Waals surface area (Å²) in [5.74, 6) is -1.33. The van der Waals surface area contributed by atoms with Gasteiger partial charge in [-0.1, -0.05) is 18.2 Å². The van der Waals surface area contributed by atoms with Gasteiger partial charge in [0.15, 0.2) is 0 Å². The average molecular weight is 623 g/mol. The number of hydrogen-bond acceptors (Lipinski definition) is 8. The summed E-state index contributed by atoms with van der Waals surface area (Å²) < 4.78 is 38.6. The standard InChI is InChI=1S/C30H46N4O8S/c1-5-41-27(36)20-25(32-43(39,40)24-11-7-6-8-12-24)31-28(37)23-10-9-17-34(21-23)26(35)14-13-22-15-18-33(19-16-22)29(38)42-30(2,3)4/h6-8,11-12,22-23,25,32H,5,9-10,13-21H2,1-4H3,(H,31,37)/t23-,25+/m1/s1. The fourth-order valence-electron chi connectivity index (χ4n) is 5.29. The predicted molar refractivity (Wildman–Crippen MR) is 159 cm³/mol. The van der Waals surface area contributed by atoms with Crippen molar-refractivity contribution >= 4 is 33.9 Å². The van der Waals surface area contributed by atoms with Crippen LogP contribution in [0, 0.1) is 11.8 Å². The lowest BCUT2D eigenvalue weighted by molar-refractivity contribution is -0.144. The minimum absolute atomic E-state index is 0.00283. The third-order valence-electron chi connectivity index (χ3n) is 7.52. The lowest BCUT2D eigenvalue weighted by Gasteiger charge is -2.35. The number of sulfonamides is 1. The zero-order chi connectivity index (χ0) is 31.6. The molecular weight excluding hydrogens is 576 g/mol. The monoisotopic (exact) mass is 622 g/mol. The fourth-order valence-corrected chi connectivity index (χ4v) is 6.46. The summed E-state index contributed by atoms with van der Waals surface area (Å²) in [6, 6.07) is 7.67. The van der Waals surface area contributed by atoms with E-state index in [-0.39, 0.29) is 36.5 Å². The van der Waals surface area contributed by atoms with Gasteiger partial charge in [-0.2, -0.15) is 4.72 Å². The Bertz CT molecular complexity index is 1210. The zero-order valence-electron chi connectivity index (χ0n) is 25.7. The van der Waals surface area contributed by atoms with Gasteiger partial charge in [-0.25, -0.2) is 13.2 Å². The first-order valence-corrected chi connectivity index (χ1v) is 16.5. The van der Waals surface area contributed by atoms with Gasteiger partial charge in [0.25, 0.3) is 0 Å². The van der Waals surface area contributed by atoms with E-state index in [1.165, 1.54) is 12.1 Å². The molecule has 2 N–H and O–H groups in total. The minimum Gasteiger partial charge on any atom is -0.466 e. The largest absolute Gasteiger partial charge is 0.466 e. The number of amides is 3. The van der Waals surface area contributed by atoms with Crippen LogP contribution in [0.4, 0.5) is 4.79 Å². The van der Waals surface area contributed by atoms with Crippen molar-refractivity contribution in [2.24, 2.45) is 11.8 Å². The molecule has 0 radical (unpaired) electrons. The summed E-state index contributed by atoms with van der Waals surface area (Å²) in [4.78, 5) is 54.2. The molecular formula is C30H46N4O8S. The number of ether oxygens (including phenoxy) is 2. The Kier molecular flexibility index (Phi) is 12.4. The Morgan fingerprint density at radius 3 is 2.30 bits per heavy atom. The van der Waals surface area contributed by atoms with Crippen LogP contribution in [0.3, 0.4) is 0 Å². The van der Waals surface area contributed by atoms with Crippen LogP contribution in [0.5, 0.6) is 0 Å². The van der Waals surface area contributed by atoms with Gasteiger partial charge in [0.2, 0.25) is 21.8 Å². The molecule has 2 fully saturated rings. The molecule has 0 aromatic heterocycles. The molecule has 3 rings (SSSR count). The van der Waals surface area contributed by atoms with Crippen molar-refractivity contribution in [1.29, 1.82) is 0 Å². The number of nitrogens with one attached hydrogen (secondary N) is 2. The molecule has 0 saturated carbocycles. The summed E-state index contributed by atoms with van der Waals surface area (Å²) in [7, 11) is -4.02. The van der Waals surface area contributed by atoms with Crippen molar-refractivity contribution in [2.75, 3.05) is 32.8 Å². The molecule has 1 aromatic rings. The van der Waals surface area contributed by atoms with E-state index in [1.807, 2.05) is 20.8 Å².